The van der Waals surface area contributed by atoms with E-state index < -0.39 is 0 Å². The van der Waals surface area contributed by atoms with Crippen LogP contribution in [-0.4, -0.2) is 31.5 Å². The van der Waals surface area contributed by atoms with E-state index in [2.05, 4.69) is 13.0 Å². The SMILES string of the molecule is CCCC[C@]1(c2cccc(OC)c2)CCCCN(C)C1=O. The van der Waals surface area contributed by atoms with E-state index >= 15 is 0 Å². The van der Waals surface area contributed by atoms with Crippen LogP contribution in [0.2, 0.25) is 0 Å². The van der Waals surface area contributed by atoms with E-state index in [4.69, 9.17) is 4.74 Å². The van der Waals surface area contributed by atoms with E-state index in [9.17, 15) is 4.79 Å². The van der Waals surface area contributed by atoms with Crippen molar-refractivity contribution < 1.29 is 9.53 Å². The molecular formula is C18H27NO2. The fourth-order valence-electron chi connectivity index (χ4n) is 3.39. The van der Waals surface area contributed by atoms with Crippen LogP contribution in [0.15, 0.2) is 24.3 Å². The first kappa shape index (κ1) is 15.9. The van der Waals surface area contributed by atoms with Gasteiger partial charge in [0, 0.05) is 13.6 Å². The largest absolute Gasteiger partial charge is 0.497 e. The Morgan fingerprint density at radius 2 is 2.14 bits per heavy atom. The summed E-state index contributed by atoms with van der Waals surface area (Å²) in [5, 5.41) is 0. The maximum absolute atomic E-state index is 13.1. The van der Waals surface area contributed by atoms with Crippen LogP contribution in [0.3, 0.4) is 0 Å². The lowest BCUT2D eigenvalue weighted by Gasteiger charge is -2.34. The van der Waals surface area contributed by atoms with Crippen molar-refractivity contribution in [1.29, 1.82) is 0 Å². The van der Waals surface area contributed by atoms with E-state index in [0.29, 0.717) is 0 Å². The lowest BCUT2D eigenvalue weighted by atomic mass is 9.72. The van der Waals surface area contributed by atoms with Crippen LogP contribution < -0.4 is 4.74 Å². The van der Waals surface area contributed by atoms with Crippen molar-refractivity contribution >= 4 is 5.91 Å². The number of nitrogens with zero attached hydrogens (tertiary/aromatic N) is 1. The topological polar surface area (TPSA) is 29.5 Å². The van der Waals surface area contributed by atoms with Crippen molar-refractivity contribution in [2.45, 2.75) is 50.9 Å². The molecule has 1 atom stereocenters. The number of amides is 1. The first-order chi connectivity index (χ1) is 10.1. The number of carbonyl (C=O) groups excluding carboxylic acids is 1. The van der Waals surface area contributed by atoms with Gasteiger partial charge in [-0.15, -0.1) is 0 Å². The minimum Gasteiger partial charge on any atom is -0.497 e. The molecule has 3 heteroatoms. The molecule has 1 aromatic carbocycles. The molecule has 0 aromatic heterocycles. The van der Waals surface area contributed by atoms with Crippen molar-refractivity contribution in [2.75, 3.05) is 20.7 Å². The first-order valence-corrected chi connectivity index (χ1v) is 8.04. The summed E-state index contributed by atoms with van der Waals surface area (Å²) in [6, 6.07) is 8.09. The third kappa shape index (κ3) is 3.22. The second-order valence-corrected chi connectivity index (χ2v) is 6.10. The number of rotatable bonds is 5. The summed E-state index contributed by atoms with van der Waals surface area (Å²) >= 11 is 0. The van der Waals surface area contributed by atoms with Crippen molar-refractivity contribution in [3.63, 3.8) is 0 Å². The third-order valence-electron chi connectivity index (χ3n) is 4.68. The smallest absolute Gasteiger partial charge is 0.232 e. The van der Waals surface area contributed by atoms with Crippen molar-refractivity contribution in [3.8, 4) is 5.75 Å². The number of benzene rings is 1. The predicted octanol–water partition coefficient (Wildman–Crippen LogP) is 3.77. The average molecular weight is 289 g/mol. The van der Waals surface area contributed by atoms with Gasteiger partial charge in [-0.05, 0) is 37.0 Å². The van der Waals surface area contributed by atoms with Crippen LogP contribution in [-0.2, 0) is 10.2 Å². The Balaban J connectivity index is 2.45. The Bertz CT molecular complexity index is 486. The highest BCUT2D eigenvalue weighted by molar-refractivity contribution is 5.88. The average Bonchev–Trinajstić information content (AvgIpc) is 2.66. The van der Waals surface area contributed by atoms with E-state index in [-0.39, 0.29) is 11.3 Å². The summed E-state index contributed by atoms with van der Waals surface area (Å²) in [6.07, 6.45) is 6.28. The Labute approximate surface area is 128 Å². The molecule has 1 aromatic rings. The van der Waals surface area contributed by atoms with E-state index in [0.717, 1.165) is 56.4 Å². The molecule has 0 unspecified atom stereocenters. The molecule has 0 bridgehead atoms. The van der Waals surface area contributed by atoms with Gasteiger partial charge in [0.1, 0.15) is 5.75 Å². The molecule has 0 N–H and O–H groups in total. The minimum atomic E-state index is -0.365. The van der Waals surface area contributed by atoms with E-state index in [1.54, 1.807) is 7.11 Å². The number of hydrogen-bond donors (Lipinski definition) is 0. The van der Waals surface area contributed by atoms with Gasteiger partial charge in [-0.3, -0.25) is 4.79 Å². The van der Waals surface area contributed by atoms with Crippen molar-refractivity contribution in [3.05, 3.63) is 29.8 Å². The first-order valence-electron chi connectivity index (χ1n) is 8.04. The van der Waals surface area contributed by atoms with Crippen molar-refractivity contribution in [1.82, 2.24) is 4.90 Å². The molecule has 1 aliphatic heterocycles. The number of hydrogen-bond acceptors (Lipinski definition) is 2. The predicted molar refractivity (Wildman–Crippen MR) is 85.7 cm³/mol. The van der Waals surface area contributed by atoms with Gasteiger partial charge in [-0.2, -0.15) is 0 Å². The van der Waals surface area contributed by atoms with Gasteiger partial charge in [0.15, 0.2) is 0 Å². The maximum Gasteiger partial charge on any atom is 0.232 e. The molecule has 0 saturated carbocycles. The highest BCUT2D eigenvalue weighted by atomic mass is 16.5. The Kier molecular flexibility index (Phi) is 5.27. The van der Waals surface area contributed by atoms with E-state index in [1.165, 1.54) is 0 Å². The Morgan fingerprint density at radius 3 is 2.86 bits per heavy atom. The van der Waals surface area contributed by atoms with Gasteiger partial charge >= 0.3 is 0 Å². The molecule has 1 aliphatic rings. The lowest BCUT2D eigenvalue weighted by molar-refractivity contribution is -0.136. The van der Waals surface area contributed by atoms with Crippen molar-refractivity contribution in [2.24, 2.45) is 0 Å². The van der Waals surface area contributed by atoms with Crippen LogP contribution in [0.4, 0.5) is 0 Å². The number of likely N-dealkylation sites (tertiary alicyclic amines) is 1. The minimum absolute atomic E-state index is 0.279. The fraction of sp³-hybridized carbons (Fsp3) is 0.611. The molecule has 0 spiro atoms. The summed E-state index contributed by atoms with van der Waals surface area (Å²) in [6.45, 7) is 3.06. The van der Waals surface area contributed by atoms with Crippen LogP contribution >= 0.6 is 0 Å². The summed E-state index contributed by atoms with van der Waals surface area (Å²) in [7, 11) is 3.62. The zero-order valence-corrected chi connectivity index (χ0v) is 13.5. The zero-order valence-electron chi connectivity index (χ0n) is 13.5. The van der Waals surface area contributed by atoms with Crippen LogP contribution in [0.1, 0.15) is 51.0 Å². The fourth-order valence-corrected chi connectivity index (χ4v) is 3.39. The molecule has 1 heterocycles. The van der Waals surface area contributed by atoms with Crippen LogP contribution in [0.25, 0.3) is 0 Å². The van der Waals surface area contributed by atoms with Gasteiger partial charge < -0.3 is 9.64 Å². The monoisotopic (exact) mass is 289 g/mol. The standard InChI is InChI=1S/C18H27NO2/c1-4-5-11-18(12-6-7-13-19(2)17(18)20)15-9-8-10-16(14-15)21-3/h8-10,14H,4-7,11-13H2,1-3H3/t18-/m1/s1. The Morgan fingerprint density at radius 1 is 1.33 bits per heavy atom. The van der Waals surface area contributed by atoms with Gasteiger partial charge in [0.05, 0.1) is 12.5 Å². The molecule has 0 aliphatic carbocycles. The Hall–Kier alpha value is -1.51. The molecule has 2 rings (SSSR count). The third-order valence-corrected chi connectivity index (χ3v) is 4.68. The van der Waals surface area contributed by atoms with Gasteiger partial charge in [-0.1, -0.05) is 38.3 Å². The lowest BCUT2D eigenvalue weighted by Crippen LogP contribution is -2.44. The number of ether oxygens (including phenoxy) is 1. The molecule has 1 fully saturated rings. The summed E-state index contributed by atoms with van der Waals surface area (Å²) < 4.78 is 5.36. The second kappa shape index (κ2) is 6.97. The second-order valence-electron chi connectivity index (χ2n) is 6.10. The number of unbranched alkanes of at least 4 members (excludes halogenated alkanes) is 1. The zero-order chi connectivity index (χ0) is 15.3. The van der Waals surface area contributed by atoms with Crippen LogP contribution in [0.5, 0.6) is 5.75 Å². The molecule has 3 nitrogen and oxygen atoms in total. The molecular weight excluding hydrogens is 262 g/mol. The normalized spacial score (nSPS) is 23.0. The highest BCUT2D eigenvalue weighted by Gasteiger charge is 2.42. The summed E-state index contributed by atoms with van der Waals surface area (Å²) in [4.78, 5) is 15.0. The van der Waals surface area contributed by atoms with Gasteiger partial charge in [-0.25, -0.2) is 0 Å². The molecule has 1 amide bonds. The highest BCUT2D eigenvalue weighted by Crippen LogP contribution is 2.40. The number of carbonyl (C=O) groups is 1. The maximum atomic E-state index is 13.1. The van der Waals surface area contributed by atoms with E-state index in [1.807, 2.05) is 30.1 Å². The van der Waals surface area contributed by atoms with Crippen LogP contribution in [0, 0.1) is 0 Å². The van der Waals surface area contributed by atoms with Gasteiger partial charge in [0.25, 0.3) is 0 Å². The summed E-state index contributed by atoms with van der Waals surface area (Å²) in [5.41, 5.74) is 0.754. The molecule has 0 radical (unpaired) electrons. The number of methoxy groups -OCH3 is 1. The van der Waals surface area contributed by atoms with Gasteiger partial charge in [0.2, 0.25) is 5.91 Å². The number of likely N-dealkylation sites (N-methyl/N-ethyl adjacent to an activating group) is 1. The summed E-state index contributed by atoms with van der Waals surface area (Å²) in [5.74, 6) is 1.12. The quantitative estimate of drug-likeness (QED) is 0.826. The molecule has 21 heavy (non-hydrogen) atoms. The molecule has 116 valence electrons. The molecule has 1 saturated heterocycles.